The van der Waals surface area contributed by atoms with Crippen LogP contribution in [0, 0.1) is 5.82 Å². The van der Waals surface area contributed by atoms with E-state index >= 15 is 0 Å². The molecular weight excluding hydrogens is 347 g/mol. The molecule has 28 heavy (non-hydrogen) atoms. The van der Waals surface area contributed by atoms with E-state index in [2.05, 4.69) is 18.5 Å². The molecule has 3 heteroatoms. The van der Waals surface area contributed by atoms with Gasteiger partial charge in [-0.2, -0.15) is 0 Å². The van der Waals surface area contributed by atoms with E-state index in [1.165, 1.54) is 0 Å². The third kappa shape index (κ3) is 4.36. The van der Waals surface area contributed by atoms with Crippen LogP contribution in [0.4, 0.5) is 4.39 Å². The van der Waals surface area contributed by atoms with Crippen LogP contribution in [0.1, 0.15) is 50.4 Å². The van der Waals surface area contributed by atoms with Crippen LogP contribution < -0.4 is 0 Å². The predicted molar refractivity (Wildman–Crippen MR) is 116 cm³/mol. The van der Waals surface area contributed by atoms with Gasteiger partial charge in [0.1, 0.15) is 5.82 Å². The SMILES string of the molecule is C=C(C)c1ccc(-c2nc(CCCC)cnc2-c2ccc(CC)c(F)c2)cc1. The minimum Gasteiger partial charge on any atom is -0.252 e. The van der Waals surface area contributed by atoms with Gasteiger partial charge in [0.25, 0.3) is 0 Å². The topological polar surface area (TPSA) is 25.8 Å². The summed E-state index contributed by atoms with van der Waals surface area (Å²) in [6.45, 7) is 10.1. The van der Waals surface area contributed by atoms with E-state index in [4.69, 9.17) is 4.98 Å². The number of rotatable bonds is 7. The van der Waals surface area contributed by atoms with Crippen LogP contribution in [0.2, 0.25) is 0 Å². The van der Waals surface area contributed by atoms with Gasteiger partial charge >= 0.3 is 0 Å². The van der Waals surface area contributed by atoms with Crippen LogP contribution in [-0.2, 0) is 12.8 Å². The number of unbranched alkanes of at least 4 members (excludes halogenated alkanes) is 1. The molecular formula is C25H27FN2. The summed E-state index contributed by atoms with van der Waals surface area (Å²) in [6.07, 6.45) is 5.56. The zero-order valence-electron chi connectivity index (χ0n) is 16.9. The van der Waals surface area contributed by atoms with Gasteiger partial charge in [0.05, 0.1) is 17.1 Å². The summed E-state index contributed by atoms with van der Waals surface area (Å²) >= 11 is 0. The third-order valence-electron chi connectivity index (χ3n) is 4.97. The maximum absolute atomic E-state index is 14.4. The van der Waals surface area contributed by atoms with Crippen LogP contribution in [0.3, 0.4) is 0 Å². The van der Waals surface area contributed by atoms with Crippen molar-refractivity contribution in [3.05, 3.63) is 77.9 Å². The summed E-state index contributed by atoms with van der Waals surface area (Å²) in [7, 11) is 0. The Morgan fingerprint density at radius 2 is 1.71 bits per heavy atom. The Labute approximate surface area is 167 Å². The molecule has 0 aliphatic rings. The molecule has 0 atom stereocenters. The predicted octanol–water partition coefficient (Wildman–Crippen LogP) is 6.89. The van der Waals surface area contributed by atoms with Gasteiger partial charge in [0.15, 0.2) is 0 Å². The smallest absolute Gasteiger partial charge is 0.127 e. The van der Waals surface area contributed by atoms with Crippen LogP contribution in [0.25, 0.3) is 28.1 Å². The highest BCUT2D eigenvalue weighted by Gasteiger charge is 2.14. The lowest BCUT2D eigenvalue weighted by molar-refractivity contribution is 0.612. The van der Waals surface area contributed by atoms with Crippen molar-refractivity contribution >= 4 is 5.57 Å². The van der Waals surface area contributed by atoms with E-state index in [0.29, 0.717) is 17.7 Å². The molecule has 3 rings (SSSR count). The Morgan fingerprint density at radius 1 is 1.00 bits per heavy atom. The Hall–Kier alpha value is -2.81. The lowest BCUT2D eigenvalue weighted by atomic mass is 9.99. The Kier molecular flexibility index (Phi) is 6.35. The van der Waals surface area contributed by atoms with Gasteiger partial charge in [-0.25, -0.2) is 9.37 Å². The van der Waals surface area contributed by atoms with Crippen molar-refractivity contribution in [3.8, 4) is 22.5 Å². The second-order valence-corrected chi connectivity index (χ2v) is 7.18. The first-order chi connectivity index (χ1) is 13.5. The number of halogens is 1. The van der Waals surface area contributed by atoms with E-state index in [1.807, 2.05) is 56.4 Å². The van der Waals surface area contributed by atoms with Crippen molar-refractivity contribution in [2.75, 3.05) is 0 Å². The van der Waals surface area contributed by atoms with Gasteiger partial charge < -0.3 is 0 Å². The average Bonchev–Trinajstić information content (AvgIpc) is 2.72. The fourth-order valence-electron chi connectivity index (χ4n) is 3.21. The van der Waals surface area contributed by atoms with E-state index in [9.17, 15) is 4.39 Å². The van der Waals surface area contributed by atoms with Crippen molar-refractivity contribution in [2.45, 2.75) is 46.5 Å². The summed E-state index contributed by atoms with van der Waals surface area (Å²) in [5, 5.41) is 0. The lowest BCUT2D eigenvalue weighted by Crippen LogP contribution is -2.00. The van der Waals surface area contributed by atoms with E-state index < -0.39 is 0 Å². The number of hydrogen-bond acceptors (Lipinski definition) is 2. The number of benzene rings is 2. The van der Waals surface area contributed by atoms with Crippen molar-refractivity contribution < 1.29 is 4.39 Å². The first kappa shape index (κ1) is 19.9. The van der Waals surface area contributed by atoms with Gasteiger partial charge in [-0.15, -0.1) is 0 Å². The van der Waals surface area contributed by atoms with E-state index in [-0.39, 0.29) is 5.82 Å². The molecule has 2 nitrogen and oxygen atoms in total. The van der Waals surface area contributed by atoms with Crippen molar-refractivity contribution in [1.82, 2.24) is 9.97 Å². The number of aryl methyl sites for hydroxylation is 2. The standard InChI is InChI=1S/C25H27FN2/c1-5-7-8-22-16-27-24(21-14-9-18(6-2)23(26)15-21)25(28-22)20-12-10-19(11-13-20)17(3)4/h9-16H,3,5-8H2,1-2,4H3. The molecule has 0 saturated carbocycles. The molecule has 0 N–H and O–H groups in total. The van der Waals surface area contributed by atoms with Crippen molar-refractivity contribution in [3.63, 3.8) is 0 Å². The summed E-state index contributed by atoms with van der Waals surface area (Å²) in [4.78, 5) is 9.58. The Morgan fingerprint density at radius 3 is 2.32 bits per heavy atom. The van der Waals surface area contributed by atoms with Gasteiger partial charge in [-0.05, 0) is 43.4 Å². The Balaban J connectivity index is 2.11. The number of allylic oxidation sites excluding steroid dienone is 1. The molecule has 0 spiro atoms. The van der Waals surface area contributed by atoms with Crippen LogP contribution in [0.15, 0.2) is 55.2 Å². The first-order valence-electron chi connectivity index (χ1n) is 9.94. The average molecular weight is 375 g/mol. The summed E-state index contributed by atoms with van der Waals surface area (Å²) in [5.41, 5.74) is 7.04. The molecule has 0 amide bonds. The minimum absolute atomic E-state index is 0.194. The van der Waals surface area contributed by atoms with Crippen LogP contribution in [0.5, 0.6) is 0 Å². The highest BCUT2D eigenvalue weighted by atomic mass is 19.1. The van der Waals surface area contributed by atoms with Gasteiger partial charge in [0, 0.05) is 17.3 Å². The maximum Gasteiger partial charge on any atom is 0.127 e. The number of hydrogen-bond donors (Lipinski definition) is 0. The second kappa shape index (κ2) is 8.92. The number of aromatic nitrogens is 2. The van der Waals surface area contributed by atoms with E-state index in [0.717, 1.165) is 52.9 Å². The van der Waals surface area contributed by atoms with Crippen molar-refractivity contribution in [1.29, 1.82) is 0 Å². The molecule has 1 heterocycles. The molecule has 0 bridgehead atoms. The molecule has 0 aliphatic heterocycles. The van der Waals surface area contributed by atoms with Crippen LogP contribution >= 0.6 is 0 Å². The zero-order valence-corrected chi connectivity index (χ0v) is 16.9. The molecule has 1 aromatic heterocycles. The molecule has 0 saturated heterocycles. The molecule has 3 aromatic rings. The maximum atomic E-state index is 14.4. The largest absolute Gasteiger partial charge is 0.252 e. The lowest BCUT2D eigenvalue weighted by Gasteiger charge is -2.12. The molecule has 0 unspecified atom stereocenters. The normalized spacial score (nSPS) is 10.9. The minimum atomic E-state index is -0.194. The molecule has 2 aromatic carbocycles. The summed E-state index contributed by atoms with van der Waals surface area (Å²) < 4.78 is 14.4. The quantitative estimate of drug-likeness (QED) is 0.450. The molecule has 0 radical (unpaired) electrons. The van der Waals surface area contributed by atoms with Crippen molar-refractivity contribution in [2.24, 2.45) is 0 Å². The second-order valence-electron chi connectivity index (χ2n) is 7.18. The fourth-order valence-corrected chi connectivity index (χ4v) is 3.21. The van der Waals surface area contributed by atoms with E-state index in [1.54, 1.807) is 6.07 Å². The highest BCUT2D eigenvalue weighted by Crippen LogP contribution is 2.31. The molecule has 144 valence electrons. The molecule has 0 aliphatic carbocycles. The van der Waals surface area contributed by atoms with Gasteiger partial charge in [-0.3, -0.25) is 4.98 Å². The number of nitrogens with zero attached hydrogens (tertiary/aromatic N) is 2. The van der Waals surface area contributed by atoms with Crippen LogP contribution in [-0.4, -0.2) is 9.97 Å². The monoisotopic (exact) mass is 374 g/mol. The zero-order chi connectivity index (χ0) is 20.1. The first-order valence-corrected chi connectivity index (χ1v) is 9.94. The van der Waals surface area contributed by atoms with Gasteiger partial charge in [-0.1, -0.05) is 68.8 Å². The molecule has 0 fully saturated rings. The highest BCUT2D eigenvalue weighted by molar-refractivity contribution is 5.79. The summed E-state index contributed by atoms with van der Waals surface area (Å²) in [5.74, 6) is -0.194. The summed E-state index contributed by atoms with van der Waals surface area (Å²) in [6, 6.07) is 13.5. The fraction of sp³-hybridized carbons (Fsp3) is 0.280. The third-order valence-corrected chi connectivity index (χ3v) is 4.97. The Bertz CT molecular complexity index is 974. The van der Waals surface area contributed by atoms with Gasteiger partial charge in [0.2, 0.25) is 0 Å².